The molecule has 0 heterocycles. The first-order chi connectivity index (χ1) is 8.99. The SMILES string of the molecule is C=C(NC(C)=NC=C(C)C)C(C)Cc1ccccc1. The van der Waals surface area contributed by atoms with Gasteiger partial charge in [-0.05, 0) is 38.7 Å². The van der Waals surface area contributed by atoms with E-state index < -0.39 is 0 Å². The van der Waals surface area contributed by atoms with Gasteiger partial charge in [0.1, 0.15) is 5.84 Å². The van der Waals surface area contributed by atoms with Crippen molar-refractivity contribution >= 4 is 5.84 Å². The second-order valence-corrected chi connectivity index (χ2v) is 5.16. The first-order valence-corrected chi connectivity index (χ1v) is 6.66. The van der Waals surface area contributed by atoms with Crippen LogP contribution in [0.4, 0.5) is 0 Å². The van der Waals surface area contributed by atoms with Gasteiger partial charge >= 0.3 is 0 Å². The summed E-state index contributed by atoms with van der Waals surface area (Å²) < 4.78 is 0. The number of rotatable bonds is 5. The molecule has 0 aromatic heterocycles. The fraction of sp³-hybridized carbons (Fsp3) is 0.353. The van der Waals surface area contributed by atoms with Crippen molar-refractivity contribution in [2.75, 3.05) is 0 Å². The largest absolute Gasteiger partial charge is 0.348 e. The molecule has 1 rings (SSSR count). The Bertz CT molecular complexity index is 465. The summed E-state index contributed by atoms with van der Waals surface area (Å²) in [6.07, 6.45) is 2.85. The Hall–Kier alpha value is -1.83. The van der Waals surface area contributed by atoms with E-state index >= 15 is 0 Å². The Morgan fingerprint density at radius 2 is 1.89 bits per heavy atom. The maximum Gasteiger partial charge on any atom is 0.102 e. The highest BCUT2D eigenvalue weighted by atomic mass is 15.0. The summed E-state index contributed by atoms with van der Waals surface area (Å²) in [4.78, 5) is 4.34. The molecule has 1 atom stereocenters. The Morgan fingerprint density at radius 1 is 1.26 bits per heavy atom. The molecule has 1 N–H and O–H groups in total. The van der Waals surface area contributed by atoms with Gasteiger partial charge in [-0.15, -0.1) is 0 Å². The standard InChI is InChI=1S/C17H24N2/c1-13(2)12-18-16(5)19-15(4)14(3)11-17-9-7-6-8-10-17/h6-10,12,14H,4,11H2,1-3,5H3,(H,18,19). The quantitative estimate of drug-likeness (QED) is 0.616. The zero-order valence-electron chi connectivity index (χ0n) is 12.4. The molecule has 0 radical (unpaired) electrons. The Kier molecular flexibility index (Phi) is 6.07. The van der Waals surface area contributed by atoms with Gasteiger partial charge < -0.3 is 5.32 Å². The molecule has 0 amide bonds. The van der Waals surface area contributed by atoms with Crippen LogP contribution < -0.4 is 5.32 Å². The summed E-state index contributed by atoms with van der Waals surface area (Å²) in [5.41, 5.74) is 3.52. The van der Waals surface area contributed by atoms with Gasteiger partial charge in [0.15, 0.2) is 0 Å². The van der Waals surface area contributed by atoms with Crippen LogP contribution in [0.2, 0.25) is 0 Å². The van der Waals surface area contributed by atoms with Gasteiger partial charge in [-0.2, -0.15) is 0 Å². The molecule has 0 saturated carbocycles. The Labute approximate surface area is 117 Å². The highest BCUT2D eigenvalue weighted by molar-refractivity contribution is 5.81. The highest BCUT2D eigenvalue weighted by Crippen LogP contribution is 2.13. The van der Waals surface area contributed by atoms with Crippen LogP contribution in [0.15, 0.2) is 59.4 Å². The molecule has 1 aromatic rings. The molecule has 1 unspecified atom stereocenters. The summed E-state index contributed by atoms with van der Waals surface area (Å²) in [5.74, 6) is 1.25. The number of hydrogen-bond donors (Lipinski definition) is 1. The van der Waals surface area contributed by atoms with E-state index in [2.05, 4.69) is 48.1 Å². The molecule has 0 fully saturated rings. The summed E-state index contributed by atoms with van der Waals surface area (Å²) in [6.45, 7) is 12.3. The van der Waals surface area contributed by atoms with Crippen molar-refractivity contribution in [2.45, 2.75) is 34.1 Å². The average Bonchev–Trinajstić information content (AvgIpc) is 2.37. The summed E-state index contributed by atoms with van der Waals surface area (Å²) >= 11 is 0. The molecular weight excluding hydrogens is 232 g/mol. The lowest BCUT2D eigenvalue weighted by molar-refractivity contribution is 0.650. The maximum atomic E-state index is 4.34. The van der Waals surface area contributed by atoms with Crippen molar-refractivity contribution in [1.82, 2.24) is 5.32 Å². The molecule has 19 heavy (non-hydrogen) atoms. The van der Waals surface area contributed by atoms with Crippen molar-refractivity contribution in [2.24, 2.45) is 10.9 Å². The molecule has 0 bridgehead atoms. The molecule has 0 spiro atoms. The average molecular weight is 256 g/mol. The van der Waals surface area contributed by atoms with Crippen LogP contribution in [0.25, 0.3) is 0 Å². The van der Waals surface area contributed by atoms with E-state index in [1.807, 2.05) is 33.0 Å². The summed E-state index contributed by atoms with van der Waals surface area (Å²) in [7, 11) is 0. The molecule has 0 saturated heterocycles. The highest BCUT2D eigenvalue weighted by Gasteiger charge is 2.08. The third kappa shape index (κ3) is 6.05. The van der Waals surface area contributed by atoms with Crippen molar-refractivity contribution < 1.29 is 0 Å². The zero-order valence-corrected chi connectivity index (χ0v) is 12.4. The van der Waals surface area contributed by atoms with E-state index in [-0.39, 0.29) is 0 Å². The normalized spacial score (nSPS) is 12.7. The molecule has 0 aliphatic carbocycles. The molecule has 2 nitrogen and oxygen atoms in total. The molecular formula is C17H24N2. The lowest BCUT2D eigenvalue weighted by Gasteiger charge is -2.16. The van der Waals surface area contributed by atoms with Crippen LogP contribution in [0.1, 0.15) is 33.3 Å². The lowest BCUT2D eigenvalue weighted by Crippen LogP contribution is -2.23. The van der Waals surface area contributed by atoms with E-state index in [1.165, 1.54) is 11.1 Å². The number of nitrogens with zero attached hydrogens (tertiary/aromatic N) is 1. The van der Waals surface area contributed by atoms with E-state index in [4.69, 9.17) is 0 Å². The van der Waals surface area contributed by atoms with Crippen LogP contribution in [-0.2, 0) is 6.42 Å². The van der Waals surface area contributed by atoms with Crippen molar-refractivity contribution in [3.05, 3.63) is 59.9 Å². The smallest absolute Gasteiger partial charge is 0.102 e. The third-order valence-electron chi connectivity index (χ3n) is 2.84. The van der Waals surface area contributed by atoms with Crippen LogP contribution in [0.5, 0.6) is 0 Å². The minimum Gasteiger partial charge on any atom is -0.348 e. The van der Waals surface area contributed by atoms with Gasteiger partial charge in [-0.25, -0.2) is 4.99 Å². The van der Waals surface area contributed by atoms with E-state index in [0.29, 0.717) is 5.92 Å². The predicted octanol–water partition coefficient (Wildman–Crippen LogP) is 4.31. The van der Waals surface area contributed by atoms with E-state index in [9.17, 15) is 0 Å². The molecule has 102 valence electrons. The molecule has 1 aromatic carbocycles. The van der Waals surface area contributed by atoms with Crippen molar-refractivity contribution in [3.8, 4) is 0 Å². The fourth-order valence-electron chi connectivity index (χ4n) is 1.70. The van der Waals surface area contributed by atoms with Crippen LogP contribution >= 0.6 is 0 Å². The van der Waals surface area contributed by atoms with E-state index in [0.717, 1.165) is 18.0 Å². The number of allylic oxidation sites excluding steroid dienone is 2. The lowest BCUT2D eigenvalue weighted by atomic mass is 9.98. The molecule has 0 aliphatic rings. The van der Waals surface area contributed by atoms with Crippen LogP contribution in [-0.4, -0.2) is 5.84 Å². The maximum absolute atomic E-state index is 4.34. The zero-order chi connectivity index (χ0) is 14.3. The van der Waals surface area contributed by atoms with Gasteiger partial charge in [0.25, 0.3) is 0 Å². The topological polar surface area (TPSA) is 24.4 Å². The fourth-order valence-corrected chi connectivity index (χ4v) is 1.70. The minimum atomic E-state index is 0.374. The summed E-state index contributed by atoms with van der Waals surface area (Å²) in [6, 6.07) is 10.5. The number of aliphatic imine (C=N–C) groups is 1. The van der Waals surface area contributed by atoms with Crippen LogP contribution in [0.3, 0.4) is 0 Å². The molecule has 0 aliphatic heterocycles. The third-order valence-corrected chi connectivity index (χ3v) is 2.84. The second kappa shape index (κ2) is 7.57. The first-order valence-electron chi connectivity index (χ1n) is 6.66. The predicted molar refractivity (Wildman–Crippen MR) is 84.1 cm³/mol. The molecule has 2 heteroatoms. The van der Waals surface area contributed by atoms with Crippen LogP contribution in [0, 0.1) is 5.92 Å². The van der Waals surface area contributed by atoms with Gasteiger partial charge in [0, 0.05) is 11.9 Å². The van der Waals surface area contributed by atoms with Gasteiger partial charge in [0.2, 0.25) is 0 Å². The van der Waals surface area contributed by atoms with E-state index in [1.54, 1.807) is 0 Å². The Morgan fingerprint density at radius 3 is 2.47 bits per heavy atom. The second-order valence-electron chi connectivity index (χ2n) is 5.16. The Balaban J connectivity index is 2.54. The number of benzene rings is 1. The number of nitrogens with one attached hydrogen (secondary N) is 1. The van der Waals surface area contributed by atoms with Crippen molar-refractivity contribution in [1.29, 1.82) is 0 Å². The summed E-state index contributed by atoms with van der Waals surface area (Å²) in [5, 5.41) is 3.27. The minimum absolute atomic E-state index is 0.374. The number of hydrogen-bond acceptors (Lipinski definition) is 1. The van der Waals surface area contributed by atoms with Gasteiger partial charge in [-0.1, -0.05) is 49.4 Å². The van der Waals surface area contributed by atoms with Gasteiger partial charge in [0.05, 0.1) is 0 Å². The number of amidine groups is 1. The van der Waals surface area contributed by atoms with Crippen molar-refractivity contribution in [3.63, 3.8) is 0 Å². The van der Waals surface area contributed by atoms with Gasteiger partial charge in [-0.3, -0.25) is 0 Å². The first kappa shape index (κ1) is 15.2. The monoisotopic (exact) mass is 256 g/mol.